The van der Waals surface area contributed by atoms with Crippen LogP contribution < -0.4 is 0 Å². The maximum absolute atomic E-state index is 10.5. The van der Waals surface area contributed by atoms with E-state index < -0.39 is 12.3 Å². The first-order valence-corrected chi connectivity index (χ1v) is 5.38. The van der Waals surface area contributed by atoms with Gasteiger partial charge in [-0.3, -0.25) is 0 Å². The van der Waals surface area contributed by atoms with Crippen LogP contribution in [0.2, 0.25) is 0 Å². The third-order valence-electron chi connectivity index (χ3n) is 1.82. The van der Waals surface area contributed by atoms with Crippen LogP contribution >= 0.6 is 0 Å². The van der Waals surface area contributed by atoms with E-state index in [1.165, 1.54) is 6.26 Å². The van der Waals surface area contributed by atoms with Crippen LogP contribution in [-0.4, -0.2) is 36.7 Å². The van der Waals surface area contributed by atoms with E-state index in [1.807, 2.05) is 13.8 Å². The van der Waals surface area contributed by atoms with Gasteiger partial charge < -0.3 is 19.3 Å². The fourth-order valence-electron chi connectivity index (χ4n) is 0.926. The van der Waals surface area contributed by atoms with Crippen molar-refractivity contribution in [1.82, 2.24) is 0 Å². The molecule has 0 radical (unpaired) electrons. The number of hydrogen-bond acceptors (Lipinski definition) is 4. The smallest absolute Gasteiger partial charge is 0.331 e. The molecule has 1 N–H and O–H groups in total. The number of hydrogen-bond donors (Lipinski definition) is 1. The Hall–Kier alpha value is -1.33. The van der Waals surface area contributed by atoms with E-state index in [9.17, 15) is 4.79 Å². The molecular weight excluding hydrogens is 224 g/mol. The lowest BCUT2D eigenvalue weighted by molar-refractivity contribution is -0.150. The summed E-state index contributed by atoms with van der Waals surface area (Å²) in [4.78, 5) is 10.5. The quantitative estimate of drug-likeness (QED) is 0.361. The predicted octanol–water partition coefficient (Wildman–Crippen LogP) is 1.95. The fourth-order valence-corrected chi connectivity index (χ4v) is 0.926. The zero-order valence-corrected chi connectivity index (χ0v) is 10.3. The number of carboxylic acids is 1. The third-order valence-corrected chi connectivity index (χ3v) is 1.82. The lowest BCUT2D eigenvalue weighted by atomic mass is 10.2. The van der Waals surface area contributed by atoms with Crippen LogP contribution in [0, 0.1) is 0 Å². The summed E-state index contributed by atoms with van der Waals surface area (Å²) in [5.74, 6) is -1.02. The molecule has 0 rings (SSSR count). The molecule has 0 aromatic carbocycles. The molecule has 1 atom stereocenters. The molecule has 0 amide bonds. The van der Waals surface area contributed by atoms with Crippen molar-refractivity contribution in [1.29, 1.82) is 0 Å². The summed E-state index contributed by atoms with van der Waals surface area (Å²) in [6.07, 6.45) is 1.01. The van der Waals surface area contributed by atoms with Gasteiger partial charge in [-0.1, -0.05) is 13.2 Å². The number of rotatable bonds is 10. The fraction of sp³-hybridized carbons (Fsp3) is 0.583. The van der Waals surface area contributed by atoms with Gasteiger partial charge >= 0.3 is 5.97 Å². The second kappa shape index (κ2) is 8.78. The Balaban J connectivity index is 3.87. The monoisotopic (exact) mass is 244 g/mol. The molecule has 0 aliphatic carbocycles. The Morgan fingerprint density at radius 3 is 2.53 bits per heavy atom. The molecule has 0 aliphatic rings. The Kier molecular flexibility index (Phi) is 8.09. The van der Waals surface area contributed by atoms with Crippen molar-refractivity contribution in [3.8, 4) is 0 Å². The van der Waals surface area contributed by atoms with Gasteiger partial charge in [0, 0.05) is 12.0 Å². The molecule has 0 bridgehead atoms. The molecular formula is C12H20O5. The molecule has 0 aliphatic heterocycles. The summed E-state index contributed by atoms with van der Waals surface area (Å²) in [6, 6.07) is 0. The normalized spacial score (nSPS) is 12.2. The number of carboxylic acid groups (broad SMARTS) is 1. The summed E-state index contributed by atoms with van der Waals surface area (Å²) in [6.45, 7) is 11.1. The van der Waals surface area contributed by atoms with E-state index in [4.69, 9.17) is 19.3 Å². The molecule has 0 aromatic heterocycles. The Morgan fingerprint density at radius 1 is 1.41 bits per heavy atom. The molecule has 0 heterocycles. The van der Waals surface area contributed by atoms with Crippen molar-refractivity contribution < 1.29 is 24.1 Å². The minimum Gasteiger partial charge on any atom is -0.478 e. The Labute approximate surface area is 102 Å². The molecule has 1 unspecified atom stereocenters. The summed E-state index contributed by atoms with van der Waals surface area (Å²) in [7, 11) is 0. The van der Waals surface area contributed by atoms with Crippen molar-refractivity contribution in [3.63, 3.8) is 0 Å². The lowest BCUT2D eigenvalue weighted by Gasteiger charge is -2.18. The molecule has 0 saturated heterocycles. The van der Waals surface area contributed by atoms with Gasteiger partial charge in [-0.15, -0.1) is 0 Å². The average Bonchev–Trinajstić information content (AvgIpc) is 2.25. The van der Waals surface area contributed by atoms with E-state index in [0.29, 0.717) is 0 Å². The van der Waals surface area contributed by atoms with Gasteiger partial charge in [-0.05, 0) is 13.8 Å². The van der Waals surface area contributed by atoms with Gasteiger partial charge in [0.1, 0.15) is 6.61 Å². The van der Waals surface area contributed by atoms with Gasteiger partial charge in [-0.25, -0.2) is 4.79 Å². The highest BCUT2D eigenvalue weighted by molar-refractivity contribution is 5.85. The number of ether oxygens (including phenoxy) is 3. The topological polar surface area (TPSA) is 65.0 Å². The molecule has 0 spiro atoms. The Bertz CT molecular complexity index is 260. The maximum atomic E-state index is 10.5. The van der Waals surface area contributed by atoms with Crippen molar-refractivity contribution in [2.24, 2.45) is 0 Å². The van der Waals surface area contributed by atoms with E-state index in [1.54, 1.807) is 0 Å². The average molecular weight is 244 g/mol. The minimum atomic E-state index is -1.02. The summed E-state index contributed by atoms with van der Waals surface area (Å²) < 4.78 is 15.7. The molecule has 98 valence electrons. The van der Waals surface area contributed by atoms with E-state index in [0.717, 1.165) is 0 Å². The second-order valence-corrected chi connectivity index (χ2v) is 3.64. The minimum absolute atomic E-state index is 0.0727. The van der Waals surface area contributed by atoms with Crippen molar-refractivity contribution >= 4 is 5.97 Å². The first-order chi connectivity index (χ1) is 7.97. The largest absolute Gasteiger partial charge is 0.478 e. The lowest BCUT2D eigenvalue weighted by Crippen LogP contribution is -2.24. The Morgan fingerprint density at radius 2 is 2.06 bits per heavy atom. The van der Waals surface area contributed by atoms with E-state index >= 15 is 0 Å². The molecule has 0 fully saturated rings. The highest BCUT2D eigenvalue weighted by Gasteiger charge is 2.11. The molecule has 0 aromatic rings. The highest BCUT2D eigenvalue weighted by Crippen LogP contribution is 2.04. The van der Waals surface area contributed by atoms with Crippen molar-refractivity contribution in [2.45, 2.75) is 32.7 Å². The van der Waals surface area contributed by atoms with Gasteiger partial charge in [-0.2, -0.15) is 0 Å². The third kappa shape index (κ3) is 8.47. The van der Waals surface area contributed by atoms with Gasteiger partial charge in [0.25, 0.3) is 0 Å². The first-order valence-electron chi connectivity index (χ1n) is 5.38. The van der Waals surface area contributed by atoms with Gasteiger partial charge in [0.15, 0.2) is 0 Å². The van der Waals surface area contributed by atoms with E-state index in [2.05, 4.69) is 13.2 Å². The highest BCUT2D eigenvalue weighted by atomic mass is 16.7. The van der Waals surface area contributed by atoms with E-state index in [-0.39, 0.29) is 31.3 Å². The van der Waals surface area contributed by atoms with Crippen LogP contribution in [0.15, 0.2) is 25.0 Å². The zero-order valence-electron chi connectivity index (χ0n) is 10.3. The molecule has 17 heavy (non-hydrogen) atoms. The SMILES string of the molecule is C=COC(COC(C)C)OCCC(=C)C(=O)O. The molecule has 5 nitrogen and oxygen atoms in total. The van der Waals surface area contributed by atoms with Crippen LogP contribution in [0.3, 0.4) is 0 Å². The van der Waals surface area contributed by atoms with Crippen molar-refractivity contribution in [3.05, 3.63) is 25.0 Å². The van der Waals surface area contributed by atoms with Crippen LogP contribution in [0.4, 0.5) is 0 Å². The molecule has 5 heteroatoms. The molecule has 0 saturated carbocycles. The summed E-state index contributed by atoms with van der Waals surface area (Å²) in [5.41, 5.74) is 0.104. The van der Waals surface area contributed by atoms with Crippen LogP contribution in [-0.2, 0) is 19.0 Å². The van der Waals surface area contributed by atoms with Gasteiger partial charge in [0.05, 0.1) is 19.0 Å². The van der Waals surface area contributed by atoms with Gasteiger partial charge in [0.2, 0.25) is 6.29 Å². The number of carbonyl (C=O) groups is 1. The summed E-state index contributed by atoms with van der Waals surface area (Å²) in [5, 5.41) is 8.60. The number of aliphatic carboxylic acids is 1. The van der Waals surface area contributed by atoms with Crippen LogP contribution in [0.25, 0.3) is 0 Å². The zero-order chi connectivity index (χ0) is 13.3. The maximum Gasteiger partial charge on any atom is 0.331 e. The van der Waals surface area contributed by atoms with Crippen molar-refractivity contribution in [2.75, 3.05) is 13.2 Å². The summed E-state index contributed by atoms with van der Waals surface area (Å²) >= 11 is 0. The standard InChI is InChI=1S/C12H20O5/c1-5-15-11(8-17-9(2)3)16-7-6-10(4)12(13)14/h5,9,11H,1,4,6-8H2,2-3H3,(H,13,14). The predicted molar refractivity (Wildman–Crippen MR) is 63.5 cm³/mol. The van der Waals surface area contributed by atoms with Crippen LogP contribution in [0.1, 0.15) is 20.3 Å². The first kappa shape index (κ1) is 15.7. The van der Waals surface area contributed by atoms with Crippen LogP contribution in [0.5, 0.6) is 0 Å². The second-order valence-electron chi connectivity index (χ2n) is 3.64.